The highest BCUT2D eigenvalue weighted by Gasteiger charge is 1.98. The number of halogens is 1. The third-order valence-electron chi connectivity index (χ3n) is 5.30. The summed E-state index contributed by atoms with van der Waals surface area (Å²) in [7, 11) is 0. The van der Waals surface area contributed by atoms with Gasteiger partial charge in [-0.1, -0.05) is 109 Å². The molecule has 1 nitrogen and oxygen atoms in total. The van der Waals surface area contributed by atoms with E-state index < -0.39 is 0 Å². The predicted octanol–water partition coefficient (Wildman–Crippen LogP) is 4.63. The standard InChI is InChI=1S/C24H44N.HI/c1-2-3-4-5-6-7-8-9-10-11-12-13-14-15-16-17-19-22-25-23-20-18-21-24-25;/h18,20-21,23-24H,2-17,19,22H2,1H3;1H/q+1;/p-1. The molecule has 0 spiro atoms. The normalized spacial score (nSPS) is 10.7. The van der Waals surface area contributed by atoms with Gasteiger partial charge in [0.05, 0.1) is 0 Å². The van der Waals surface area contributed by atoms with E-state index in [2.05, 4.69) is 42.1 Å². The molecule has 0 N–H and O–H groups in total. The lowest BCUT2D eigenvalue weighted by Gasteiger charge is -2.03. The van der Waals surface area contributed by atoms with Crippen molar-refractivity contribution in [3.05, 3.63) is 30.6 Å². The van der Waals surface area contributed by atoms with Crippen LogP contribution in [0.25, 0.3) is 0 Å². The SMILES string of the molecule is CCCCCCCCCCCCCCCCCCC[n+]1ccccc1.[I-]. The average molecular weight is 474 g/mol. The summed E-state index contributed by atoms with van der Waals surface area (Å²) in [6.07, 6.45) is 28.9. The highest BCUT2D eigenvalue weighted by atomic mass is 127. The van der Waals surface area contributed by atoms with Crippen molar-refractivity contribution in [1.29, 1.82) is 0 Å². The molecule has 26 heavy (non-hydrogen) atoms. The van der Waals surface area contributed by atoms with Gasteiger partial charge in [-0.15, -0.1) is 0 Å². The van der Waals surface area contributed by atoms with Crippen molar-refractivity contribution >= 4 is 0 Å². The Balaban J connectivity index is 0.00000625. The lowest BCUT2D eigenvalue weighted by Crippen LogP contribution is -3.00. The van der Waals surface area contributed by atoms with E-state index in [4.69, 9.17) is 0 Å². The number of aromatic nitrogens is 1. The van der Waals surface area contributed by atoms with Crippen LogP contribution in [0.15, 0.2) is 30.6 Å². The van der Waals surface area contributed by atoms with Crippen molar-refractivity contribution in [2.24, 2.45) is 0 Å². The molecule has 152 valence electrons. The fourth-order valence-corrected chi connectivity index (χ4v) is 3.60. The molecule has 0 unspecified atom stereocenters. The number of hydrogen-bond acceptors (Lipinski definition) is 0. The molecule has 0 bridgehead atoms. The summed E-state index contributed by atoms with van der Waals surface area (Å²) in [6, 6.07) is 6.33. The number of aryl methyl sites for hydroxylation is 1. The molecule has 1 aromatic rings. The Bertz CT molecular complexity index is 366. The largest absolute Gasteiger partial charge is 1.00 e. The van der Waals surface area contributed by atoms with Crippen molar-refractivity contribution in [1.82, 2.24) is 0 Å². The summed E-state index contributed by atoms with van der Waals surface area (Å²) in [4.78, 5) is 0. The van der Waals surface area contributed by atoms with Crippen LogP contribution in [-0.4, -0.2) is 0 Å². The monoisotopic (exact) mass is 473 g/mol. The van der Waals surface area contributed by atoms with Gasteiger partial charge in [-0.3, -0.25) is 0 Å². The number of nitrogens with zero attached hydrogens (tertiary/aromatic N) is 1. The van der Waals surface area contributed by atoms with Gasteiger partial charge in [-0.05, 0) is 6.42 Å². The summed E-state index contributed by atoms with van der Waals surface area (Å²) in [5.41, 5.74) is 0. The first-order valence-electron chi connectivity index (χ1n) is 11.4. The van der Waals surface area contributed by atoms with Gasteiger partial charge in [0.1, 0.15) is 6.54 Å². The van der Waals surface area contributed by atoms with E-state index in [1.807, 2.05) is 0 Å². The predicted molar refractivity (Wildman–Crippen MR) is 111 cm³/mol. The van der Waals surface area contributed by atoms with Crippen LogP contribution in [0.4, 0.5) is 0 Å². The fourth-order valence-electron chi connectivity index (χ4n) is 3.60. The van der Waals surface area contributed by atoms with Crippen molar-refractivity contribution in [2.75, 3.05) is 0 Å². The Morgan fingerprint density at radius 2 is 0.808 bits per heavy atom. The quantitative estimate of drug-likeness (QED) is 0.166. The van der Waals surface area contributed by atoms with Gasteiger partial charge in [-0.25, -0.2) is 4.57 Å². The van der Waals surface area contributed by atoms with Crippen molar-refractivity contribution in [2.45, 2.75) is 123 Å². The van der Waals surface area contributed by atoms with Gasteiger partial charge in [-0.2, -0.15) is 0 Å². The van der Waals surface area contributed by atoms with E-state index in [0.29, 0.717) is 0 Å². The summed E-state index contributed by atoms with van der Waals surface area (Å²) in [5.74, 6) is 0. The maximum Gasteiger partial charge on any atom is 0.168 e. The van der Waals surface area contributed by atoms with Gasteiger partial charge in [0.15, 0.2) is 12.4 Å². The maximum absolute atomic E-state index is 2.30. The van der Waals surface area contributed by atoms with E-state index in [-0.39, 0.29) is 24.0 Å². The van der Waals surface area contributed by atoms with E-state index in [0.717, 1.165) is 0 Å². The van der Waals surface area contributed by atoms with Crippen LogP contribution >= 0.6 is 0 Å². The highest BCUT2D eigenvalue weighted by Crippen LogP contribution is 2.13. The highest BCUT2D eigenvalue weighted by molar-refractivity contribution is 4.83. The zero-order chi connectivity index (χ0) is 17.8. The average Bonchev–Trinajstić information content (AvgIpc) is 2.65. The molecule has 0 aromatic carbocycles. The van der Waals surface area contributed by atoms with E-state index >= 15 is 0 Å². The van der Waals surface area contributed by atoms with Crippen molar-refractivity contribution in [3.63, 3.8) is 0 Å². The lowest BCUT2D eigenvalue weighted by molar-refractivity contribution is -0.697. The molecule has 0 aliphatic heterocycles. The molecule has 2 heteroatoms. The van der Waals surface area contributed by atoms with Crippen LogP contribution in [0.1, 0.15) is 116 Å². The molecule has 0 amide bonds. The minimum atomic E-state index is 0. The fraction of sp³-hybridized carbons (Fsp3) is 0.792. The van der Waals surface area contributed by atoms with Crippen LogP contribution in [-0.2, 0) is 6.54 Å². The Labute approximate surface area is 181 Å². The van der Waals surface area contributed by atoms with Gasteiger partial charge in [0.2, 0.25) is 0 Å². The Morgan fingerprint density at radius 1 is 0.462 bits per heavy atom. The molecule has 0 radical (unpaired) electrons. The van der Waals surface area contributed by atoms with Crippen molar-refractivity contribution < 1.29 is 28.5 Å². The molecule has 0 fully saturated rings. The molecule has 0 saturated heterocycles. The molecule has 0 aliphatic rings. The van der Waals surface area contributed by atoms with E-state index in [1.54, 1.807) is 0 Å². The van der Waals surface area contributed by atoms with Gasteiger partial charge in [0.25, 0.3) is 0 Å². The second-order valence-corrected chi connectivity index (χ2v) is 7.77. The summed E-state index contributed by atoms with van der Waals surface area (Å²) < 4.78 is 2.30. The van der Waals surface area contributed by atoms with E-state index in [1.165, 1.54) is 116 Å². The van der Waals surface area contributed by atoms with E-state index in [9.17, 15) is 0 Å². The first-order chi connectivity index (χ1) is 12.4. The Hall–Kier alpha value is -0.120. The van der Waals surface area contributed by atoms with Crippen LogP contribution in [0.2, 0.25) is 0 Å². The van der Waals surface area contributed by atoms with Gasteiger partial charge < -0.3 is 24.0 Å². The second kappa shape index (κ2) is 21.2. The second-order valence-electron chi connectivity index (χ2n) is 7.77. The first-order valence-corrected chi connectivity index (χ1v) is 11.4. The maximum atomic E-state index is 2.30. The van der Waals surface area contributed by atoms with Crippen LogP contribution in [0, 0.1) is 0 Å². The minimum Gasteiger partial charge on any atom is -1.00 e. The summed E-state index contributed by atoms with van der Waals surface area (Å²) >= 11 is 0. The first kappa shape index (κ1) is 25.9. The topological polar surface area (TPSA) is 3.88 Å². The van der Waals surface area contributed by atoms with Crippen LogP contribution < -0.4 is 28.5 Å². The molecular formula is C24H44IN. The molecule has 0 atom stereocenters. The Kier molecular flexibility index (Phi) is 21.1. The van der Waals surface area contributed by atoms with Gasteiger partial charge in [0, 0.05) is 18.6 Å². The number of hydrogen-bond donors (Lipinski definition) is 0. The third-order valence-corrected chi connectivity index (χ3v) is 5.30. The molecule has 1 heterocycles. The molecule has 1 rings (SSSR count). The van der Waals surface area contributed by atoms with Crippen LogP contribution in [0.5, 0.6) is 0 Å². The third kappa shape index (κ3) is 17.3. The Morgan fingerprint density at radius 3 is 1.19 bits per heavy atom. The lowest BCUT2D eigenvalue weighted by atomic mass is 10.0. The zero-order valence-corrected chi connectivity index (χ0v) is 19.6. The molecule has 0 saturated carbocycles. The van der Waals surface area contributed by atoms with Gasteiger partial charge >= 0.3 is 0 Å². The molecular weight excluding hydrogens is 429 g/mol. The minimum absolute atomic E-state index is 0. The number of unbranched alkanes of at least 4 members (excludes halogenated alkanes) is 16. The summed E-state index contributed by atoms with van der Waals surface area (Å²) in [6.45, 7) is 3.48. The zero-order valence-electron chi connectivity index (χ0n) is 17.4. The molecule has 1 aromatic heterocycles. The van der Waals surface area contributed by atoms with Crippen LogP contribution in [0.3, 0.4) is 0 Å². The number of pyridine rings is 1. The molecule has 0 aliphatic carbocycles. The number of rotatable bonds is 18. The summed E-state index contributed by atoms with van der Waals surface area (Å²) in [5, 5.41) is 0. The van der Waals surface area contributed by atoms with Crippen molar-refractivity contribution in [3.8, 4) is 0 Å². The smallest absolute Gasteiger partial charge is 0.168 e.